The zero-order chi connectivity index (χ0) is 22.3. The van der Waals surface area contributed by atoms with Crippen molar-refractivity contribution in [3.05, 3.63) is 58.7 Å². The van der Waals surface area contributed by atoms with E-state index in [0.717, 1.165) is 11.1 Å². The smallest absolute Gasteiger partial charge is 0.341 e. The molecule has 9 heteroatoms. The van der Waals surface area contributed by atoms with E-state index in [1.54, 1.807) is 38.2 Å². The van der Waals surface area contributed by atoms with Gasteiger partial charge in [0.1, 0.15) is 11.3 Å². The third-order valence-electron chi connectivity index (χ3n) is 4.45. The van der Waals surface area contributed by atoms with Crippen LogP contribution in [0.3, 0.4) is 0 Å². The maximum atomic E-state index is 11.8. The molecule has 0 unspecified atom stereocenters. The van der Waals surface area contributed by atoms with Crippen molar-refractivity contribution < 1.29 is 22.7 Å². The summed E-state index contributed by atoms with van der Waals surface area (Å²) in [6.07, 6.45) is 1.20. The molecule has 0 saturated heterocycles. The molecule has 0 fully saturated rings. The Labute approximate surface area is 177 Å². The Balaban J connectivity index is 2.00. The van der Waals surface area contributed by atoms with Crippen molar-refractivity contribution in [3.63, 3.8) is 0 Å². The maximum Gasteiger partial charge on any atom is 0.341 e. The van der Waals surface area contributed by atoms with Gasteiger partial charge in [-0.1, -0.05) is 18.2 Å². The fourth-order valence-corrected chi connectivity index (χ4v) is 3.91. The molecule has 0 heterocycles. The molecule has 2 N–H and O–H groups in total. The Morgan fingerprint density at radius 3 is 2.13 bits per heavy atom. The van der Waals surface area contributed by atoms with Crippen molar-refractivity contribution in [2.24, 2.45) is 4.99 Å². The van der Waals surface area contributed by atoms with Crippen LogP contribution in [0.4, 0.5) is 0 Å². The first-order valence-corrected chi connectivity index (χ1v) is 11.1. The summed E-state index contributed by atoms with van der Waals surface area (Å²) in [6.45, 7) is 2.72. The summed E-state index contributed by atoms with van der Waals surface area (Å²) in [5, 5.41) is 6.38. The number of aryl methyl sites for hydroxylation is 1. The van der Waals surface area contributed by atoms with E-state index in [1.807, 2.05) is 12.1 Å². The Bertz CT molecular complexity index is 1050. The fourth-order valence-electron chi connectivity index (χ4n) is 2.95. The third-order valence-corrected chi connectivity index (χ3v) is 5.71. The Morgan fingerprint density at radius 2 is 1.63 bits per heavy atom. The Morgan fingerprint density at radius 1 is 1.03 bits per heavy atom. The molecule has 0 aliphatic rings. The van der Waals surface area contributed by atoms with Gasteiger partial charge in [0.15, 0.2) is 15.8 Å². The summed E-state index contributed by atoms with van der Waals surface area (Å²) < 4.78 is 33.5. The summed E-state index contributed by atoms with van der Waals surface area (Å²) in [6, 6.07) is 10.5. The number of hydrogen-bond acceptors (Lipinski definition) is 6. The van der Waals surface area contributed by atoms with Crippen LogP contribution in [0.5, 0.6) is 5.75 Å². The van der Waals surface area contributed by atoms with Gasteiger partial charge < -0.3 is 20.1 Å². The number of benzene rings is 2. The average Bonchev–Trinajstić information content (AvgIpc) is 2.72. The molecule has 2 aromatic carbocycles. The zero-order valence-corrected chi connectivity index (χ0v) is 18.6. The first-order valence-electron chi connectivity index (χ1n) is 9.19. The number of methoxy groups -OCH3 is 2. The van der Waals surface area contributed by atoms with Gasteiger partial charge in [0.2, 0.25) is 0 Å². The number of nitrogens with one attached hydrogen (secondary N) is 2. The van der Waals surface area contributed by atoms with Crippen LogP contribution < -0.4 is 15.4 Å². The second-order valence-electron chi connectivity index (χ2n) is 6.68. The molecule has 0 radical (unpaired) electrons. The van der Waals surface area contributed by atoms with Crippen molar-refractivity contribution >= 4 is 21.8 Å². The van der Waals surface area contributed by atoms with Gasteiger partial charge in [-0.05, 0) is 41.8 Å². The van der Waals surface area contributed by atoms with Crippen molar-refractivity contribution in [2.75, 3.05) is 27.5 Å². The molecule has 2 aromatic rings. The highest BCUT2D eigenvalue weighted by atomic mass is 32.2. The van der Waals surface area contributed by atoms with E-state index in [4.69, 9.17) is 9.47 Å². The lowest BCUT2D eigenvalue weighted by atomic mass is 10.1. The van der Waals surface area contributed by atoms with Crippen LogP contribution in [0.15, 0.2) is 46.3 Å². The van der Waals surface area contributed by atoms with E-state index in [-0.39, 0.29) is 0 Å². The Kier molecular flexibility index (Phi) is 7.82. The molecule has 0 amide bonds. The minimum absolute atomic E-state index is 0.332. The largest absolute Gasteiger partial charge is 0.496 e. The minimum atomic E-state index is -3.24. The van der Waals surface area contributed by atoms with Crippen LogP contribution in [0.25, 0.3) is 0 Å². The number of rotatable bonds is 7. The molecule has 0 aromatic heterocycles. The molecule has 0 spiro atoms. The van der Waals surface area contributed by atoms with Crippen LogP contribution >= 0.6 is 0 Å². The quantitative estimate of drug-likeness (QED) is 0.391. The second-order valence-corrected chi connectivity index (χ2v) is 8.66. The summed E-state index contributed by atoms with van der Waals surface area (Å²) >= 11 is 0. The summed E-state index contributed by atoms with van der Waals surface area (Å²) in [7, 11) is 1.24. The highest BCUT2D eigenvalue weighted by Crippen LogP contribution is 2.21. The molecule has 30 heavy (non-hydrogen) atoms. The summed E-state index contributed by atoms with van der Waals surface area (Å²) in [5.41, 5.74) is 2.90. The summed E-state index contributed by atoms with van der Waals surface area (Å²) in [5.74, 6) is 0.558. The van der Waals surface area contributed by atoms with Gasteiger partial charge in [-0.25, -0.2) is 13.2 Å². The van der Waals surface area contributed by atoms with Crippen molar-refractivity contribution in [3.8, 4) is 5.75 Å². The van der Waals surface area contributed by atoms with Gasteiger partial charge in [0.05, 0.1) is 19.1 Å². The van der Waals surface area contributed by atoms with E-state index < -0.39 is 15.8 Å². The van der Waals surface area contributed by atoms with Gasteiger partial charge in [0.25, 0.3) is 0 Å². The number of nitrogens with zero attached hydrogens (tertiary/aromatic N) is 1. The number of aliphatic imine (C=N–C) groups is 1. The second kappa shape index (κ2) is 10.1. The van der Waals surface area contributed by atoms with Crippen LogP contribution in [-0.2, 0) is 27.7 Å². The van der Waals surface area contributed by atoms with Crippen LogP contribution in [0.2, 0.25) is 0 Å². The predicted octanol–water partition coefficient (Wildman–Crippen LogP) is 2.06. The zero-order valence-electron chi connectivity index (χ0n) is 17.8. The molecule has 0 atom stereocenters. The van der Waals surface area contributed by atoms with Gasteiger partial charge in [0, 0.05) is 26.4 Å². The molecule has 8 nitrogen and oxygen atoms in total. The van der Waals surface area contributed by atoms with E-state index >= 15 is 0 Å². The summed E-state index contributed by atoms with van der Waals surface area (Å²) in [4.78, 5) is 16.3. The molecule has 162 valence electrons. The maximum absolute atomic E-state index is 11.8. The number of hydrogen-bond donors (Lipinski definition) is 2. The molecule has 0 aliphatic carbocycles. The molecule has 0 bridgehead atoms. The van der Waals surface area contributed by atoms with E-state index in [0.29, 0.717) is 40.8 Å². The molecular weight excluding hydrogens is 406 g/mol. The van der Waals surface area contributed by atoms with Gasteiger partial charge in [-0.15, -0.1) is 0 Å². The van der Waals surface area contributed by atoms with Gasteiger partial charge in [-0.3, -0.25) is 4.99 Å². The molecule has 0 saturated carbocycles. The van der Waals surface area contributed by atoms with Crippen molar-refractivity contribution in [1.82, 2.24) is 10.6 Å². The molecular formula is C21H27N3O5S. The van der Waals surface area contributed by atoms with Gasteiger partial charge >= 0.3 is 5.97 Å². The normalized spacial score (nSPS) is 11.7. The highest BCUT2D eigenvalue weighted by Gasteiger charge is 2.13. The van der Waals surface area contributed by atoms with E-state index in [1.165, 1.54) is 20.5 Å². The number of carbonyl (C=O) groups is 1. The fraction of sp³-hybridized carbons (Fsp3) is 0.333. The third kappa shape index (κ3) is 5.96. The van der Waals surface area contributed by atoms with Crippen molar-refractivity contribution in [1.29, 1.82) is 0 Å². The van der Waals surface area contributed by atoms with Crippen LogP contribution in [0, 0.1) is 6.92 Å². The first kappa shape index (κ1) is 23.2. The van der Waals surface area contributed by atoms with E-state index in [9.17, 15) is 13.2 Å². The topological polar surface area (TPSA) is 106 Å². The lowest BCUT2D eigenvalue weighted by Gasteiger charge is -2.14. The highest BCUT2D eigenvalue weighted by molar-refractivity contribution is 7.90. The number of ether oxygens (including phenoxy) is 2. The number of esters is 1. The predicted molar refractivity (Wildman–Crippen MR) is 116 cm³/mol. The van der Waals surface area contributed by atoms with Crippen molar-refractivity contribution in [2.45, 2.75) is 24.9 Å². The monoisotopic (exact) mass is 433 g/mol. The number of carbonyl (C=O) groups excluding carboxylic acids is 1. The SMILES string of the molecule is CN=C(NCc1ccc(S(C)(=O)=O)c(C)c1)NCc1ccc(C(=O)OC)c(OC)c1. The molecule has 2 rings (SSSR count). The standard InChI is InChI=1S/C21H27N3O5S/c1-14-10-15(7-9-19(14)30(5,26)27)12-23-21(22-2)24-13-16-6-8-17(20(25)29-4)18(11-16)28-3/h6-11H,12-13H2,1-5H3,(H2,22,23,24). The van der Waals surface area contributed by atoms with E-state index in [2.05, 4.69) is 15.6 Å². The van der Waals surface area contributed by atoms with Crippen LogP contribution in [0.1, 0.15) is 27.0 Å². The minimum Gasteiger partial charge on any atom is -0.496 e. The average molecular weight is 434 g/mol. The number of guanidine groups is 1. The Hall–Kier alpha value is -3.07. The lowest BCUT2D eigenvalue weighted by molar-refractivity contribution is 0.0597. The van der Waals surface area contributed by atoms with Crippen LogP contribution in [-0.4, -0.2) is 47.9 Å². The molecule has 0 aliphatic heterocycles. The number of sulfone groups is 1. The van der Waals surface area contributed by atoms with Gasteiger partial charge in [-0.2, -0.15) is 0 Å². The lowest BCUT2D eigenvalue weighted by Crippen LogP contribution is -2.36. The first-order chi connectivity index (χ1) is 14.2.